The van der Waals surface area contributed by atoms with Gasteiger partial charge >= 0.3 is 0 Å². The largest absolute Gasteiger partial charge is 0.493 e. The molecule has 2 rings (SSSR count). The minimum Gasteiger partial charge on any atom is -0.493 e. The summed E-state index contributed by atoms with van der Waals surface area (Å²) in [6, 6.07) is 14.5. The van der Waals surface area contributed by atoms with Crippen molar-refractivity contribution in [3.05, 3.63) is 70.8 Å². The number of halogens is 1. The molecule has 0 heterocycles. The first-order valence-electron chi connectivity index (χ1n) is 6.90. The van der Waals surface area contributed by atoms with Gasteiger partial charge in [0.05, 0.1) is 6.61 Å². The van der Waals surface area contributed by atoms with Crippen molar-refractivity contribution >= 4 is 23.5 Å². The van der Waals surface area contributed by atoms with Gasteiger partial charge in [0.1, 0.15) is 5.75 Å². The van der Waals surface area contributed by atoms with E-state index in [1.165, 1.54) is 0 Å². The standard InChI is InChI=1S/C18H17ClO2/c1-2-13-21-18-6-4-3-5-15(18)9-12-17(20)14-7-10-16(19)11-8-14/h3-12H,2,13H2,1H3/b12-9+. The molecular weight excluding hydrogens is 284 g/mol. The molecule has 0 N–H and O–H groups in total. The zero-order valence-corrected chi connectivity index (χ0v) is 12.6. The second-order valence-corrected chi connectivity index (χ2v) is 5.03. The highest BCUT2D eigenvalue weighted by molar-refractivity contribution is 6.30. The molecule has 3 heteroatoms. The minimum absolute atomic E-state index is 0.0584. The van der Waals surface area contributed by atoms with Crippen molar-refractivity contribution in [2.45, 2.75) is 13.3 Å². The SMILES string of the molecule is CCCOc1ccccc1/C=C/C(=O)c1ccc(Cl)cc1. The van der Waals surface area contributed by atoms with E-state index in [4.69, 9.17) is 16.3 Å². The van der Waals surface area contributed by atoms with E-state index in [2.05, 4.69) is 6.92 Å². The van der Waals surface area contributed by atoms with Gasteiger partial charge in [0.2, 0.25) is 0 Å². The maximum absolute atomic E-state index is 12.1. The molecule has 0 aromatic heterocycles. The van der Waals surface area contributed by atoms with E-state index in [0.29, 0.717) is 17.2 Å². The van der Waals surface area contributed by atoms with Crippen molar-refractivity contribution in [2.75, 3.05) is 6.61 Å². The number of ketones is 1. The third kappa shape index (κ3) is 4.47. The highest BCUT2D eigenvalue weighted by atomic mass is 35.5. The Bertz CT molecular complexity index is 630. The lowest BCUT2D eigenvalue weighted by Crippen LogP contribution is -1.97. The molecule has 2 nitrogen and oxygen atoms in total. The van der Waals surface area contributed by atoms with Crippen molar-refractivity contribution in [2.24, 2.45) is 0 Å². The molecule has 108 valence electrons. The second kappa shape index (κ2) is 7.65. The van der Waals surface area contributed by atoms with Gasteiger partial charge < -0.3 is 4.74 Å². The van der Waals surface area contributed by atoms with Crippen LogP contribution in [0.1, 0.15) is 29.3 Å². The van der Waals surface area contributed by atoms with Crippen molar-refractivity contribution < 1.29 is 9.53 Å². The molecule has 2 aromatic rings. The lowest BCUT2D eigenvalue weighted by molar-refractivity contribution is 0.104. The zero-order valence-electron chi connectivity index (χ0n) is 11.9. The number of rotatable bonds is 6. The Hall–Kier alpha value is -2.06. The van der Waals surface area contributed by atoms with Crippen LogP contribution in [0, 0.1) is 0 Å². The van der Waals surface area contributed by atoms with Gasteiger partial charge in [0.25, 0.3) is 0 Å². The molecule has 0 atom stereocenters. The monoisotopic (exact) mass is 300 g/mol. The molecule has 0 unspecified atom stereocenters. The molecule has 0 fully saturated rings. The smallest absolute Gasteiger partial charge is 0.185 e. The predicted molar refractivity (Wildman–Crippen MR) is 87.0 cm³/mol. The van der Waals surface area contributed by atoms with E-state index in [0.717, 1.165) is 17.7 Å². The molecule has 0 bridgehead atoms. The number of allylic oxidation sites excluding steroid dienone is 1. The number of hydrogen-bond acceptors (Lipinski definition) is 2. The lowest BCUT2D eigenvalue weighted by atomic mass is 10.1. The molecular formula is C18H17ClO2. The number of carbonyl (C=O) groups excluding carboxylic acids is 1. The van der Waals surface area contributed by atoms with Crippen LogP contribution in [0.4, 0.5) is 0 Å². The number of ether oxygens (including phenoxy) is 1. The normalized spacial score (nSPS) is 10.8. The Morgan fingerprint density at radius 3 is 2.57 bits per heavy atom. The average molecular weight is 301 g/mol. The van der Waals surface area contributed by atoms with Gasteiger partial charge in [0.15, 0.2) is 5.78 Å². The van der Waals surface area contributed by atoms with Crippen molar-refractivity contribution in [3.63, 3.8) is 0 Å². The quantitative estimate of drug-likeness (QED) is 0.553. The maximum Gasteiger partial charge on any atom is 0.185 e. The molecule has 0 radical (unpaired) electrons. The lowest BCUT2D eigenvalue weighted by Gasteiger charge is -2.07. The Balaban J connectivity index is 2.13. The maximum atomic E-state index is 12.1. The number of benzene rings is 2. The second-order valence-electron chi connectivity index (χ2n) is 4.59. The van der Waals surface area contributed by atoms with E-state index in [1.807, 2.05) is 24.3 Å². The van der Waals surface area contributed by atoms with Crippen LogP contribution in [0.15, 0.2) is 54.6 Å². The fraction of sp³-hybridized carbons (Fsp3) is 0.167. The van der Waals surface area contributed by atoms with Gasteiger partial charge in [0, 0.05) is 16.1 Å². The van der Waals surface area contributed by atoms with Gasteiger partial charge in [-0.1, -0.05) is 36.7 Å². The topological polar surface area (TPSA) is 26.3 Å². The highest BCUT2D eigenvalue weighted by Crippen LogP contribution is 2.20. The summed E-state index contributed by atoms with van der Waals surface area (Å²) in [5, 5.41) is 0.619. The van der Waals surface area contributed by atoms with Crippen LogP contribution in [-0.2, 0) is 0 Å². The molecule has 0 amide bonds. The van der Waals surface area contributed by atoms with Crippen molar-refractivity contribution in [1.29, 1.82) is 0 Å². The summed E-state index contributed by atoms with van der Waals surface area (Å²) in [5.41, 5.74) is 1.51. The van der Waals surface area contributed by atoms with Crippen molar-refractivity contribution in [1.82, 2.24) is 0 Å². The number of carbonyl (C=O) groups is 1. The summed E-state index contributed by atoms with van der Waals surface area (Å²) >= 11 is 5.81. The summed E-state index contributed by atoms with van der Waals surface area (Å²) in [6.45, 7) is 2.72. The van der Waals surface area contributed by atoms with E-state index in [1.54, 1.807) is 36.4 Å². The first kappa shape index (κ1) is 15.3. The molecule has 0 aliphatic heterocycles. The third-order valence-corrected chi connectivity index (χ3v) is 3.18. The van der Waals surface area contributed by atoms with Crippen LogP contribution in [0.5, 0.6) is 5.75 Å². The van der Waals surface area contributed by atoms with Gasteiger partial charge in [-0.25, -0.2) is 0 Å². The van der Waals surface area contributed by atoms with Gasteiger partial charge in [-0.15, -0.1) is 0 Å². The summed E-state index contributed by atoms with van der Waals surface area (Å²) < 4.78 is 5.66. The van der Waals surface area contributed by atoms with Crippen LogP contribution in [-0.4, -0.2) is 12.4 Å². The Labute approximate surface area is 130 Å². The van der Waals surface area contributed by atoms with Crippen LogP contribution >= 0.6 is 11.6 Å². The van der Waals surface area contributed by atoms with E-state index < -0.39 is 0 Å². The van der Waals surface area contributed by atoms with Crippen LogP contribution in [0.25, 0.3) is 6.08 Å². The molecule has 21 heavy (non-hydrogen) atoms. The van der Waals surface area contributed by atoms with E-state index in [-0.39, 0.29) is 5.78 Å². The fourth-order valence-electron chi connectivity index (χ4n) is 1.84. The Kier molecular flexibility index (Phi) is 5.59. The molecule has 0 aliphatic carbocycles. The molecule has 2 aromatic carbocycles. The summed E-state index contributed by atoms with van der Waals surface area (Å²) in [7, 11) is 0. The summed E-state index contributed by atoms with van der Waals surface area (Å²) in [5.74, 6) is 0.733. The van der Waals surface area contributed by atoms with Gasteiger partial charge in [-0.3, -0.25) is 4.79 Å². The minimum atomic E-state index is -0.0584. The first-order chi connectivity index (χ1) is 10.2. The third-order valence-electron chi connectivity index (χ3n) is 2.92. The highest BCUT2D eigenvalue weighted by Gasteiger charge is 2.03. The molecule has 0 saturated heterocycles. The fourth-order valence-corrected chi connectivity index (χ4v) is 1.96. The first-order valence-corrected chi connectivity index (χ1v) is 7.28. The Morgan fingerprint density at radius 1 is 1.14 bits per heavy atom. The van der Waals surface area contributed by atoms with Gasteiger partial charge in [-0.2, -0.15) is 0 Å². The van der Waals surface area contributed by atoms with Crippen LogP contribution < -0.4 is 4.74 Å². The van der Waals surface area contributed by atoms with E-state index in [9.17, 15) is 4.79 Å². The van der Waals surface area contributed by atoms with E-state index >= 15 is 0 Å². The Morgan fingerprint density at radius 2 is 1.86 bits per heavy atom. The van der Waals surface area contributed by atoms with Crippen molar-refractivity contribution in [3.8, 4) is 5.75 Å². The predicted octanol–water partition coefficient (Wildman–Crippen LogP) is 5.02. The molecule has 0 spiro atoms. The zero-order chi connectivity index (χ0) is 15.1. The average Bonchev–Trinajstić information content (AvgIpc) is 2.52. The summed E-state index contributed by atoms with van der Waals surface area (Å²) in [4.78, 5) is 12.1. The number of para-hydroxylation sites is 1. The van der Waals surface area contributed by atoms with Gasteiger partial charge in [-0.05, 0) is 48.9 Å². The van der Waals surface area contributed by atoms with Crippen LogP contribution in [0.3, 0.4) is 0 Å². The number of hydrogen-bond donors (Lipinski definition) is 0. The summed E-state index contributed by atoms with van der Waals surface area (Å²) in [6.07, 6.45) is 4.28. The molecule has 0 aliphatic rings. The van der Waals surface area contributed by atoms with Crippen LogP contribution in [0.2, 0.25) is 5.02 Å². The molecule has 0 saturated carbocycles.